The van der Waals surface area contributed by atoms with Gasteiger partial charge in [0, 0.05) is 5.56 Å². The van der Waals surface area contributed by atoms with Gasteiger partial charge in [0.05, 0.1) is 11.4 Å². The average molecular weight is 350 g/mol. The molecular formula is C17H14N6OS. The van der Waals surface area contributed by atoms with Gasteiger partial charge in [-0.15, -0.1) is 15.3 Å². The van der Waals surface area contributed by atoms with Crippen molar-refractivity contribution >= 4 is 11.8 Å². The van der Waals surface area contributed by atoms with E-state index in [4.69, 9.17) is 4.42 Å². The summed E-state index contributed by atoms with van der Waals surface area (Å²) in [5.41, 5.74) is 3.00. The zero-order valence-corrected chi connectivity index (χ0v) is 14.2. The van der Waals surface area contributed by atoms with Crippen LogP contribution in [0.3, 0.4) is 0 Å². The number of rotatable bonds is 5. The van der Waals surface area contributed by atoms with Crippen LogP contribution in [0.4, 0.5) is 0 Å². The van der Waals surface area contributed by atoms with Crippen molar-refractivity contribution < 1.29 is 4.42 Å². The van der Waals surface area contributed by atoms with E-state index in [0.717, 1.165) is 11.3 Å². The van der Waals surface area contributed by atoms with Crippen molar-refractivity contribution in [3.05, 3.63) is 66.1 Å². The highest BCUT2D eigenvalue weighted by molar-refractivity contribution is 7.98. The van der Waals surface area contributed by atoms with Crippen LogP contribution in [0, 0.1) is 6.92 Å². The Bertz CT molecular complexity index is 964. The lowest BCUT2D eigenvalue weighted by Crippen LogP contribution is -1.98. The molecular weight excluding hydrogens is 336 g/mol. The third-order valence-corrected chi connectivity index (χ3v) is 4.44. The molecule has 0 N–H and O–H groups in total. The fourth-order valence-corrected chi connectivity index (χ4v) is 2.98. The molecule has 25 heavy (non-hydrogen) atoms. The van der Waals surface area contributed by atoms with E-state index < -0.39 is 0 Å². The predicted molar refractivity (Wildman–Crippen MR) is 93.2 cm³/mol. The summed E-state index contributed by atoms with van der Waals surface area (Å²) in [5, 5.41) is 20.7. The number of thioether (sulfide) groups is 1. The van der Waals surface area contributed by atoms with Crippen LogP contribution >= 0.6 is 11.8 Å². The Kier molecular flexibility index (Phi) is 4.26. The smallest absolute Gasteiger partial charge is 0.247 e. The Morgan fingerprint density at radius 2 is 1.76 bits per heavy atom. The van der Waals surface area contributed by atoms with Gasteiger partial charge in [0.15, 0.2) is 0 Å². The van der Waals surface area contributed by atoms with Crippen LogP contribution in [0.15, 0.2) is 64.2 Å². The monoisotopic (exact) mass is 350 g/mol. The Morgan fingerprint density at radius 1 is 0.960 bits per heavy atom. The molecule has 7 nitrogen and oxygen atoms in total. The van der Waals surface area contributed by atoms with Crippen LogP contribution in [0.25, 0.3) is 17.1 Å². The highest BCUT2D eigenvalue weighted by atomic mass is 32.2. The topological polar surface area (TPSA) is 82.5 Å². The summed E-state index contributed by atoms with van der Waals surface area (Å²) in [7, 11) is 0. The van der Waals surface area contributed by atoms with Crippen LogP contribution in [-0.4, -0.2) is 30.4 Å². The molecule has 0 aliphatic carbocycles. The summed E-state index contributed by atoms with van der Waals surface area (Å²) in [6.45, 7) is 2.04. The second kappa shape index (κ2) is 6.86. The second-order valence-electron chi connectivity index (χ2n) is 5.36. The summed E-state index contributed by atoms with van der Waals surface area (Å²) in [4.78, 5) is 0. The molecule has 124 valence electrons. The van der Waals surface area contributed by atoms with Crippen molar-refractivity contribution in [3.8, 4) is 17.1 Å². The Balaban J connectivity index is 1.48. The van der Waals surface area contributed by atoms with Gasteiger partial charge in [0.1, 0.15) is 0 Å². The fraction of sp³-hybridized carbons (Fsp3) is 0.118. The van der Waals surface area contributed by atoms with Crippen LogP contribution in [0.1, 0.15) is 11.5 Å². The van der Waals surface area contributed by atoms with Crippen LogP contribution < -0.4 is 0 Å². The van der Waals surface area contributed by atoms with Crippen molar-refractivity contribution in [3.63, 3.8) is 0 Å². The summed E-state index contributed by atoms with van der Waals surface area (Å²) in [6.07, 6.45) is 0. The lowest BCUT2D eigenvalue weighted by Gasteiger charge is -2.02. The minimum absolute atomic E-state index is 0.492. The molecule has 2 aromatic carbocycles. The molecule has 0 amide bonds. The number of aryl methyl sites for hydroxylation is 1. The maximum atomic E-state index is 5.73. The van der Waals surface area contributed by atoms with E-state index in [1.165, 1.54) is 17.3 Å². The molecule has 0 spiro atoms. The van der Waals surface area contributed by atoms with Crippen LogP contribution in [-0.2, 0) is 5.75 Å². The first-order valence-corrected chi connectivity index (χ1v) is 8.64. The summed E-state index contributed by atoms with van der Waals surface area (Å²) in [6, 6.07) is 17.7. The van der Waals surface area contributed by atoms with Gasteiger partial charge < -0.3 is 4.42 Å². The second-order valence-corrected chi connectivity index (χ2v) is 6.31. The third kappa shape index (κ3) is 3.43. The molecule has 8 heteroatoms. The lowest BCUT2D eigenvalue weighted by atomic mass is 10.1. The molecule has 0 radical (unpaired) electrons. The first-order valence-electron chi connectivity index (χ1n) is 7.65. The molecule has 4 rings (SSSR count). The highest BCUT2D eigenvalue weighted by Gasteiger charge is 2.13. The van der Waals surface area contributed by atoms with Crippen molar-refractivity contribution in [2.45, 2.75) is 17.8 Å². The predicted octanol–water partition coefficient (Wildman–Crippen LogP) is 3.31. The molecule has 2 heterocycles. The van der Waals surface area contributed by atoms with Gasteiger partial charge in [-0.2, -0.15) is 4.68 Å². The zero-order chi connectivity index (χ0) is 17.1. The highest BCUT2D eigenvalue weighted by Crippen LogP contribution is 2.24. The summed E-state index contributed by atoms with van der Waals surface area (Å²) < 4.78 is 7.41. The molecule has 0 atom stereocenters. The van der Waals surface area contributed by atoms with Crippen molar-refractivity contribution in [2.75, 3.05) is 0 Å². The number of hydrogen-bond acceptors (Lipinski definition) is 7. The normalized spacial score (nSPS) is 10.9. The number of benzene rings is 2. The number of aromatic nitrogens is 6. The van der Waals surface area contributed by atoms with E-state index in [-0.39, 0.29) is 0 Å². The Labute approximate surface area is 148 Å². The molecule has 4 aromatic rings. The third-order valence-electron chi connectivity index (χ3n) is 3.53. The number of tetrazole rings is 1. The van der Waals surface area contributed by atoms with E-state index in [9.17, 15) is 0 Å². The van der Waals surface area contributed by atoms with E-state index >= 15 is 0 Å². The molecule has 0 saturated heterocycles. The Hall–Kier alpha value is -3.00. The SMILES string of the molecule is Cc1ccc(-c2nnc(CSc3nnnn3-c3ccccc3)o2)cc1. The molecule has 0 aliphatic rings. The van der Waals surface area contributed by atoms with Gasteiger partial charge in [0.25, 0.3) is 0 Å². The van der Waals surface area contributed by atoms with Crippen molar-refractivity contribution in [2.24, 2.45) is 0 Å². The summed E-state index contributed by atoms with van der Waals surface area (Å²) >= 11 is 1.44. The van der Waals surface area contributed by atoms with Gasteiger partial charge in [-0.05, 0) is 41.6 Å². The quantitative estimate of drug-likeness (QED) is 0.511. The van der Waals surface area contributed by atoms with Crippen molar-refractivity contribution in [1.82, 2.24) is 30.4 Å². The largest absolute Gasteiger partial charge is 0.420 e. The van der Waals surface area contributed by atoms with Gasteiger partial charge in [0.2, 0.25) is 16.9 Å². The maximum absolute atomic E-state index is 5.73. The van der Waals surface area contributed by atoms with Crippen LogP contribution in [0.5, 0.6) is 0 Å². The van der Waals surface area contributed by atoms with Crippen molar-refractivity contribution in [1.29, 1.82) is 0 Å². The van der Waals surface area contributed by atoms with E-state index in [2.05, 4.69) is 25.7 Å². The zero-order valence-electron chi connectivity index (χ0n) is 13.4. The molecule has 0 aliphatic heterocycles. The van der Waals surface area contributed by atoms with E-state index in [1.54, 1.807) is 4.68 Å². The maximum Gasteiger partial charge on any atom is 0.247 e. The number of nitrogens with zero attached hydrogens (tertiary/aromatic N) is 6. The molecule has 2 aromatic heterocycles. The van der Waals surface area contributed by atoms with Gasteiger partial charge in [-0.1, -0.05) is 47.7 Å². The molecule has 0 bridgehead atoms. The lowest BCUT2D eigenvalue weighted by molar-refractivity contribution is 0.528. The Morgan fingerprint density at radius 3 is 2.56 bits per heavy atom. The fourth-order valence-electron chi connectivity index (χ4n) is 2.25. The van der Waals surface area contributed by atoms with Gasteiger partial charge >= 0.3 is 0 Å². The van der Waals surface area contributed by atoms with E-state index in [1.807, 2.05) is 61.5 Å². The first kappa shape index (κ1) is 15.5. The standard InChI is InChI=1S/C17H14N6OS/c1-12-7-9-13(10-8-12)16-19-18-15(24-16)11-25-17-20-21-22-23(17)14-5-3-2-4-6-14/h2-10H,11H2,1H3. The van der Waals surface area contributed by atoms with Gasteiger partial charge in [-0.25, -0.2) is 0 Å². The molecule has 0 fully saturated rings. The molecule has 0 saturated carbocycles. The number of para-hydroxylation sites is 1. The molecule has 0 unspecified atom stereocenters. The minimum atomic E-state index is 0.492. The van der Waals surface area contributed by atoms with Gasteiger partial charge in [-0.3, -0.25) is 0 Å². The average Bonchev–Trinajstić information content (AvgIpc) is 3.31. The summed E-state index contributed by atoms with van der Waals surface area (Å²) in [5.74, 6) is 1.54. The van der Waals surface area contributed by atoms with Crippen LogP contribution in [0.2, 0.25) is 0 Å². The number of hydrogen-bond donors (Lipinski definition) is 0. The minimum Gasteiger partial charge on any atom is -0.420 e. The van der Waals surface area contributed by atoms with E-state index in [0.29, 0.717) is 22.7 Å². The first-order chi connectivity index (χ1) is 12.3.